The molecule has 2 N–H and O–H groups in total. The Hall–Kier alpha value is -4.05. The highest BCUT2D eigenvalue weighted by molar-refractivity contribution is 5.94. The van der Waals surface area contributed by atoms with Crippen LogP contribution < -0.4 is 10.2 Å². The van der Waals surface area contributed by atoms with Crippen LogP contribution in [0.5, 0.6) is 5.88 Å². The van der Waals surface area contributed by atoms with Crippen molar-refractivity contribution in [3.63, 3.8) is 0 Å². The molecule has 3 heterocycles. The highest BCUT2D eigenvalue weighted by Gasteiger charge is 2.18. The van der Waals surface area contributed by atoms with E-state index < -0.39 is 0 Å². The summed E-state index contributed by atoms with van der Waals surface area (Å²) < 4.78 is 7.24. The van der Waals surface area contributed by atoms with E-state index >= 15 is 0 Å². The molecule has 0 atom stereocenters. The minimum atomic E-state index is 0.0625. The number of aryl methyl sites for hydroxylation is 1. The predicted octanol–water partition coefficient (Wildman–Crippen LogP) is 4.55. The summed E-state index contributed by atoms with van der Waals surface area (Å²) in [5.41, 5.74) is 2.13. The van der Waals surface area contributed by atoms with Crippen molar-refractivity contribution in [3.8, 4) is 5.88 Å². The molecule has 0 saturated carbocycles. The van der Waals surface area contributed by atoms with Gasteiger partial charge in [0.15, 0.2) is 5.69 Å². The van der Waals surface area contributed by atoms with E-state index in [1.165, 1.54) is 0 Å². The fourth-order valence-electron chi connectivity index (χ4n) is 3.79. The number of ether oxygens (including phenoxy) is 1. The van der Waals surface area contributed by atoms with Gasteiger partial charge in [-0.25, -0.2) is 0 Å². The van der Waals surface area contributed by atoms with E-state index in [1.54, 1.807) is 4.57 Å². The number of fused-ring (bicyclic) bond motifs is 1. The molecule has 5 rings (SSSR count). The molecule has 0 amide bonds. The first-order valence-electron chi connectivity index (χ1n) is 10.9. The number of hydrogen-bond acceptors (Lipinski definition) is 9. The van der Waals surface area contributed by atoms with Crippen LogP contribution in [0.25, 0.3) is 10.9 Å². The van der Waals surface area contributed by atoms with Gasteiger partial charge in [-0.2, -0.15) is 15.0 Å². The Morgan fingerprint density at radius 2 is 1.73 bits per heavy atom. The number of anilines is 3. The van der Waals surface area contributed by atoms with E-state index in [-0.39, 0.29) is 11.8 Å². The second-order valence-corrected chi connectivity index (χ2v) is 7.48. The standard InChI is InChI=1S/C23H24N8O2/c1-2-31-18-11-7-6-10-17(18)19(20(31)32)28-29-22-25-21(24-16-8-4-3-5-9-16)26-23(27-22)30-12-14-33-15-13-30/h3-11,32H,2,12-15H2,1H3,(H,24,25,26,27). The van der Waals surface area contributed by atoms with Gasteiger partial charge >= 0.3 is 0 Å². The van der Waals surface area contributed by atoms with Crippen molar-refractivity contribution in [1.82, 2.24) is 19.5 Å². The molecule has 1 aliphatic heterocycles. The smallest absolute Gasteiger partial charge is 0.275 e. The number of aromatic hydroxyl groups is 1. The van der Waals surface area contributed by atoms with Gasteiger partial charge in [0.1, 0.15) is 0 Å². The lowest BCUT2D eigenvalue weighted by Crippen LogP contribution is -2.37. The summed E-state index contributed by atoms with van der Waals surface area (Å²) in [4.78, 5) is 15.5. The molecular weight excluding hydrogens is 420 g/mol. The van der Waals surface area contributed by atoms with E-state index in [1.807, 2.05) is 66.4 Å². The number of nitrogens with one attached hydrogen (secondary N) is 1. The molecule has 0 unspecified atom stereocenters. The monoisotopic (exact) mass is 444 g/mol. The first-order valence-corrected chi connectivity index (χ1v) is 10.9. The van der Waals surface area contributed by atoms with Gasteiger partial charge in [0, 0.05) is 30.7 Å². The average Bonchev–Trinajstić information content (AvgIpc) is 3.14. The van der Waals surface area contributed by atoms with Crippen LogP contribution in [-0.2, 0) is 11.3 Å². The van der Waals surface area contributed by atoms with Crippen molar-refractivity contribution in [3.05, 3.63) is 54.6 Å². The van der Waals surface area contributed by atoms with E-state index in [0.717, 1.165) is 16.6 Å². The topological polar surface area (TPSA) is 113 Å². The Morgan fingerprint density at radius 3 is 2.52 bits per heavy atom. The van der Waals surface area contributed by atoms with Gasteiger partial charge < -0.3 is 24.6 Å². The molecule has 0 spiro atoms. The fourth-order valence-corrected chi connectivity index (χ4v) is 3.79. The minimum absolute atomic E-state index is 0.0625. The number of morpholine rings is 1. The Kier molecular flexibility index (Phi) is 5.81. The molecule has 168 valence electrons. The molecule has 2 aromatic heterocycles. The summed E-state index contributed by atoms with van der Waals surface area (Å²) in [6.07, 6.45) is 0. The lowest BCUT2D eigenvalue weighted by atomic mass is 10.2. The van der Waals surface area contributed by atoms with Crippen LogP contribution in [0.4, 0.5) is 29.2 Å². The van der Waals surface area contributed by atoms with Gasteiger partial charge in [-0.15, -0.1) is 10.2 Å². The molecular formula is C23H24N8O2. The lowest BCUT2D eigenvalue weighted by Gasteiger charge is -2.26. The molecule has 0 aliphatic carbocycles. The number of aromatic nitrogens is 4. The quantitative estimate of drug-likeness (QED) is 0.420. The molecule has 1 saturated heterocycles. The Morgan fingerprint density at radius 1 is 0.970 bits per heavy atom. The van der Waals surface area contributed by atoms with Gasteiger partial charge in [-0.3, -0.25) is 0 Å². The number of rotatable bonds is 6. The largest absolute Gasteiger partial charge is 0.493 e. The molecule has 10 heteroatoms. The van der Waals surface area contributed by atoms with Crippen molar-refractivity contribution < 1.29 is 9.84 Å². The first-order chi connectivity index (χ1) is 16.2. The summed E-state index contributed by atoms with van der Waals surface area (Å²) in [5.74, 6) is 1.08. The normalized spacial score (nSPS) is 14.3. The van der Waals surface area contributed by atoms with Crippen molar-refractivity contribution in [2.45, 2.75) is 13.5 Å². The first kappa shape index (κ1) is 20.8. The number of para-hydroxylation sites is 2. The van der Waals surface area contributed by atoms with Crippen molar-refractivity contribution in [1.29, 1.82) is 0 Å². The Bertz CT molecular complexity index is 1280. The van der Waals surface area contributed by atoms with Crippen LogP contribution in [0, 0.1) is 0 Å². The molecule has 4 aromatic rings. The van der Waals surface area contributed by atoms with Gasteiger partial charge in [-0.1, -0.05) is 36.4 Å². The third-order valence-corrected chi connectivity index (χ3v) is 5.41. The average molecular weight is 444 g/mol. The van der Waals surface area contributed by atoms with E-state index in [0.29, 0.717) is 50.4 Å². The number of benzene rings is 2. The summed E-state index contributed by atoms with van der Waals surface area (Å²) in [6.45, 7) is 5.14. The predicted molar refractivity (Wildman–Crippen MR) is 126 cm³/mol. The van der Waals surface area contributed by atoms with E-state index in [9.17, 15) is 5.11 Å². The van der Waals surface area contributed by atoms with Crippen LogP contribution in [0.1, 0.15) is 6.92 Å². The van der Waals surface area contributed by atoms with Crippen LogP contribution in [-0.4, -0.2) is 50.9 Å². The molecule has 1 fully saturated rings. The summed E-state index contributed by atoms with van der Waals surface area (Å²) in [5, 5.41) is 23.4. The minimum Gasteiger partial charge on any atom is -0.493 e. The summed E-state index contributed by atoms with van der Waals surface area (Å²) >= 11 is 0. The van der Waals surface area contributed by atoms with Crippen LogP contribution in [0.3, 0.4) is 0 Å². The highest BCUT2D eigenvalue weighted by Crippen LogP contribution is 2.39. The second kappa shape index (κ2) is 9.21. The summed E-state index contributed by atoms with van der Waals surface area (Å²) in [6, 6.07) is 17.3. The summed E-state index contributed by atoms with van der Waals surface area (Å²) in [7, 11) is 0. The van der Waals surface area contributed by atoms with Crippen molar-refractivity contribution >= 4 is 40.1 Å². The molecule has 10 nitrogen and oxygen atoms in total. The van der Waals surface area contributed by atoms with Gasteiger partial charge in [-0.05, 0) is 25.1 Å². The maximum atomic E-state index is 10.7. The Labute approximate surface area is 190 Å². The lowest BCUT2D eigenvalue weighted by molar-refractivity contribution is 0.122. The third kappa shape index (κ3) is 4.33. The van der Waals surface area contributed by atoms with Gasteiger partial charge in [0.2, 0.25) is 17.8 Å². The van der Waals surface area contributed by atoms with Crippen LogP contribution >= 0.6 is 0 Å². The number of azo groups is 1. The zero-order valence-corrected chi connectivity index (χ0v) is 18.2. The zero-order valence-electron chi connectivity index (χ0n) is 18.2. The van der Waals surface area contributed by atoms with Crippen molar-refractivity contribution in [2.75, 3.05) is 36.5 Å². The number of hydrogen-bond donors (Lipinski definition) is 2. The maximum absolute atomic E-state index is 10.7. The van der Waals surface area contributed by atoms with Crippen molar-refractivity contribution in [2.24, 2.45) is 10.2 Å². The van der Waals surface area contributed by atoms with Crippen LogP contribution in [0.2, 0.25) is 0 Å². The molecule has 0 radical (unpaired) electrons. The van der Waals surface area contributed by atoms with E-state index in [2.05, 4.69) is 30.5 Å². The fraction of sp³-hybridized carbons (Fsp3) is 0.261. The highest BCUT2D eigenvalue weighted by atomic mass is 16.5. The Balaban J connectivity index is 1.53. The third-order valence-electron chi connectivity index (χ3n) is 5.41. The SMILES string of the molecule is CCn1c(O)c(N=Nc2nc(Nc3ccccc3)nc(N3CCOCC3)n2)c2ccccc21. The number of nitrogens with zero attached hydrogens (tertiary/aromatic N) is 7. The molecule has 0 bridgehead atoms. The molecule has 33 heavy (non-hydrogen) atoms. The van der Waals surface area contributed by atoms with Crippen LogP contribution in [0.15, 0.2) is 64.8 Å². The van der Waals surface area contributed by atoms with Gasteiger partial charge in [0.05, 0.1) is 18.7 Å². The molecule has 1 aliphatic rings. The second-order valence-electron chi connectivity index (χ2n) is 7.48. The van der Waals surface area contributed by atoms with E-state index in [4.69, 9.17) is 4.74 Å². The molecule has 2 aromatic carbocycles. The maximum Gasteiger partial charge on any atom is 0.275 e. The van der Waals surface area contributed by atoms with Gasteiger partial charge in [0.25, 0.3) is 5.95 Å². The zero-order chi connectivity index (χ0) is 22.6.